The summed E-state index contributed by atoms with van der Waals surface area (Å²) in [5, 5.41) is 24.2. The molecule has 2 fully saturated rings. The minimum absolute atomic E-state index is 0.00164. The summed E-state index contributed by atoms with van der Waals surface area (Å²) in [6.45, 7) is 1.24. The first-order valence-corrected chi connectivity index (χ1v) is 10.6. The van der Waals surface area contributed by atoms with E-state index in [2.05, 4.69) is 31.3 Å². The molecule has 3 rings (SSSR count). The highest BCUT2D eigenvalue weighted by atomic mass is 16.3. The molecule has 1 aromatic carbocycles. The molecule has 13 heteroatoms. The van der Waals surface area contributed by atoms with Crippen molar-refractivity contribution in [1.29, 1.82) is 0 Å². The zero-order chi connectivity index (χ0) is 23.8. The Hall–Kier alpha value is -3.83. The topological polar surface area (TPSA) is 189 Å². The van der Waals surface area contributed by atoms with Gasteiger partial charge >= 0.3 is 0 Å². The molecule has 4 amide bonds. The standard InChI is InChI=1S/C20H26N8O5/c21-27-26-12-3-4-13(16(29)10-12)18(31)24-8-7-23-17(30)11-28-9-5-15(20(28)33)25-19(32)14-2-1-6-22-14/h3-4,10,14-15,22,29H,1-2,5-9,11H2,(H,23,30)(H,24,31)(H,25,32)/t14-,15+/m0/s1. The predicted molar refractivity (Wildman–Crippen MR) is 116 cm³/mol. The van der Waals surface area contributed by atoms with Crippen LogP contribution in [0.3, 0.4) is 0 Å². The Morgan fingerprint density at radius 1 is 1.24 bits per heavy atom. The highest BCUT2D eigenvalue weighted by Crippen LogP contribution is 2.23. The van der Waals surface area contributed by atoms with Crippen molar-refractivity contribution in [2.24, 2.45) is 5.11 Å². The van der Waals surface area contributed by atoms with Crippen molar-refractivity contribution in [3.63, 3.8) is 0 Å². The largest absolute Gasteiger partial charge is 0.507 e. The van der Waals surface area contributed by atoms with Crippen molar-refractivity contribution in [2.75, 3.05) is 32.7 Å². The predicted octanol–water partition coefficient (Wildman–Crippen LogP) is -0.351. The van der Waals surface area contributed by atoms with E-state index in [0.29, 0.717) is 13.0 Å². The van der Waals surface area contributed by atoms with E-state index in [9.17, 15) is 24.3 Å². The average molecular weight is 458 g/mol. The van der Waals surface area contributed by atoms with Crippen LogP contribution in [0.25, 0.3) is 10.4 Å². The number of aromatic hydroxyl groups is 1. The molecule has 2 heterocycles. The second kappa shape index (κ2) is 11.2. The van der Waals surface area contributed by atoms with Crippen molar-refractivity contribution >= 4 is 29.3 Å². The number of azide groups is 1. The van der Waals surface area contributed by atoms with E-state index >= 15 is 0 Å². The van der Waals surface area contributed by atoms with Gasteiger partial charge in [-0.3, -0.25) is 19.2 Å². The van der Waals surface area contributed by atoms with Gasteiger partial charge in [0.1, 0.15) is 11.8 Å². The number of likely N-dealkylation sites (tertiary alicyclic amines) is 1. The Morgan fingerprint density at radius 2 is 2.03 bits per heavy atom. The summed E-state index contributed by atoms with van der Waals surface area (Å²) >= 11 is 0. The molecular formula is C20H26N8O5. The summed E-state index contributed by atoms with van der Waals surface area (Å²) in [7, 11) is 0. The number of nitrogens with zero attached hydrogens (tertiary/aromatic N) is 4. The summed E-state index contributed by atoms with van der Waals surface area (Å²) in [6.07, 6.45) is 2.12. The van der Waals surface area contributed by atoms with Crippen LogP contribution < -0.4 is 21.3 Å². The van der Waals surface area contributed by atoms with Gasteiger partial charge in [0.25, 0.3) is 5.91 Å². The molecule has 13 nitrogen and oxygen atoms in total. The molecule has 2 atom stereocenters. The number of phenolic OH excluding ortho intramolecular Hbond substituents is 1. The second-order valence-electron chi connectivity index (χ2n) is 7.76. The lowest BCUT2D eigenvalue weighted by Gasteiger charge is -2.18. The van der Waals surface area contributed by atoms with E-state index in [0.717, 1.165) is 19.4 Å². The molecule has 2 aliphatic rings. The molecule has 5 N–H and O–H groups in total. The fourth-order valence-corrected chi connectivity index (χ4v) is 3.74. The van der Waals surface area contributed by atoms with Gasteiger partial charge in [0.05, 0.1) is 18.2 Å². The summed E-state index contributed by atoms with van der Waals surface area (Å²) in [5.41, 5.74) is 8.57. The lowest BCUT2D eigenvalue weighted by Crippen LogP contribution is -2.49. The number of benzene rings is 1. The Labute approximate surface area is 189 Å². The van der Waals surface area contributed by atoms with E-state index in [1.165, 1.54) is 23.1 Å². The van der Waals surface area contributed by atoms with Crippen LogP contribution in [0.15, 0.2) is 23.3 Å². The van der Waals surface area contributed by atoms with Crippen molar-refractivity contribution in [1.82, 2.24) is 26.2 Å². The monoisotopic (exact) mass is 458 g/mol. The van der Waals surface area contributed by atoms with Crippen molar-refractivity contribution in [2.45, 2.75) is 31.3 Å². The first kappa shape index (κ1) is 23.8. The summed E-state index contributed by atoms with van der Waals surface area (Å²) in [5.74, 6) is -1.75. The molecular weight excluding hydrogens is 432 g/mol. The number of amides is 4. The van der Waals surface area contributed by atoms with Crippen LogP contribution in [0.4, 0.5) is 5.69 Å². The van der Waals surface area contributed by atoms with Gasteiger partial charge in [0, 0.05) is 30.2 Å². The molecule has 33 heavy (non-hydrogen) atoms. The normalized spacial score (nSPS) is 19.6. The van der Waals surface area contributed by atoms with E-state index in [4.69, 9.17) is 5.53 Å². The van der Waals surface area contributed by atoms with Crippen LogP contribution in [0, 0.1) is 0 Å². The van der Waals surface area contributed by atoms with Crippen LogP contribution in [-0.2, 0) is 14.4 Å². The van der Waals surface area contributed by atoms with Crippen LogP contribution in [-0.4, -0.2) is 78.4 Å². The molecule has 2 saturated heterocycles. The SMILES string of the molecule is [N-]=[N+]=Nc1ccc(C(=O)NCCNC(=O)CN2CC[C@@H](NC(=O)[C@@H]3CCCN3)C2=O)c(O)c1. The molecule has 0 spiro atoms. The fourth-order valence-electron chi connectivity index (χ4n) is 3.74. The molecule has 1 aromatic rings. The maximum atomic E-state index is 12.5. The molecule has 0 aromatic heterocycles. The number of carbonyl (C=O) groups is 4. The molecule has 0 bridgehead atoms. The first-order chi connectivity index (χ1) is 15.9. The third-order valence-corrected chi connectivity index (χ3v) is 5.44. The van der Waals surface area contributed by atoms with Gasteiger partial charge in [-0.15, -0.1) is 0 Å². The van der Waals surface area contributed by atoms with E-state index in [1.807, 2.05) is 0 Å². The van der Waals surface area contributed by atoms with Gasteiger partial charge in [0.15, 0.2) is 0 Å². The second-order valence-corrected chi connectivity index (χ2v) is 7.76. The fraction of sp³-hybridized carbons (Fsp3) is 0.500. The summed E-state index contributed by atoms with van der Waals surface area (Å²) in [4.78, 5) is 52.9. The van der Waals surface area contributed by atoms with Gasteiger partial charge in [-0.05, 0) is 43.5 Å². The number of nitrogens with one attached hydrogen (secondary N) is 4. The molecule has 0 saturated carbocycles. The lowest BCUT2D eigenvalue weighted by atomic mass is 10.1. The summed E-state index contributed by atoms with van der Waals surface area (Å²) in [6, 6.07) is 3.00. The molecule has 0 aliphatic carbocycles. The Kier molecular flexibility index (Phi) is 8.06. The van der Waals surface area contributed by atoms with E-state index < -0.39 is 11.9 Å². The Balaban J connectivity index is 1.36. The molecule has 176 valence electrons. The lowest BCUT2D eigenvalue weighted by molar-refractivity contribution is -0.135. The molecule has 0 radical (unpaired) electrons. The van der Waals surface area contributed by atoms with Crippen LogP contribution in [0.5, 0.6) is 5.75 Å². The van der Waals surface area contributed by atoms with E-state index in [-0.39, 0.29) is 60.4 Å². The first-order valence-electron chi connectivity index (χ1n) is 10.6. The number of hydrogen-bond acceptors (Lipinski definition) is 7. The molecule has 0 unspecified atom stereocenters. The maximum Gasteiger partial charge on any atom is 0.255 e. The van der Waals surface area contributed by atoms with Gasteiger partial charge in [-0.2, -0.15) is 0 Å². The van der Waals surface area contributed by atoms with Crippen molar-refractivity contribution in [3.8, 4) is 5.75 Å². The van der Waals surface area contributed by atoms with Gasteiger partial charge in [-0.1, -0.05) is 11.2 Å². The highest BCUT2D eigenvalue weighted by molar-refractivity contribution is 5.97. The van der Waals surface area contributed by atoms with Gasteiger partial charge in [-0.25, -0.2) is 0 Å². The van der Waals surface area contributed by atoms with E-state index in [1.54, 1.807) is 0 Å². The maximum absolute atomic E-state index is 12.5. The van der Waals surface area contributed by atoms with Crippen LogP contribution in [0.1, 0.15) is 29.6 Å². The van der Waals surface area contributed by atoms with Crippen molar-refractivity contribution in [3.05, 3.63) is 34.2 Å². The smallest absolute Gasteiger partial charge is 0.255 e. The van der Waals surface area contributed by atoms with Gasteiger partial charge in [0.2, 0.25) is 17.7 Å². The Bertz CT molecular complexity index is 971. The molecule has 2 aliphatic heterocycles. The minimum atomic E-state index is -0.620. The highest BCUT2D eigenvalue weighted by Gasteiger charge is 2.35. The third kappa shape index (κ3) is 6.34. The third-order valence-electron chi connectivity index (χ3n) is 5.44. The minimum Gasteiger partial charge on any atom is -0.507 e. The average Bonchev–Trinajstić information content (AvgIpc) is 3.43. The van der Waals surface area contributed by atoms with Crippen molar-refractivity contribution < 1.29 is 24.3 Å². The zero-order valence-corrected chi connectivity index (χ0v) is 17.9. The number of hydrogen-bond donors (Lipinski definition) is 5. The van der Waals surface area contributed by atoms with Crippen LogP contribution >= 0.6 is 0 Å². The zero-order valence-electron chi connectivity index (χ0n) is 17.9. The van der Waals surface area contributed by atoms with Gasteiger partial charge < -0.3 is 31.3 Å². The quantitative estimate of drug-likeness (QED) is 0.145. The number of phenols is 1. The Morgan fingerprint density at radius 3 is 2.73 bits per heavy atom. The number of rotatable bonds is 9. The number of carbonyl (C=O) groups excluding carboxylic acids is 4. The summed E-state index contributed by atoms with van der Waals surface area (Å²) < 4.78 is 0. The van der Waals surface area contributed by atoms with Crippen LogP contribution in [0.2, 0.25) is 0 Å².